The maximum Gasteiger partial charge on any atom is 0.433 e. The zero-order valence-corrected chi connectivity index (χ0v) is 13.1. The van der Waals surface area contributed by atoms with Crippen LogP contribution in [0.5, 0.6) is 0 Å². The standard InChI is InChI=1S/C16H22F3N3O/c17-16(18,19)14-6-9-20-15(21-14)22-10-7-13(8-11-22)23-12-4-2-1-3-5-12/h6,9,12-13H,1-5,7-8,10-11H2. The molecule has 1 aliphatic heterocycles. The van der Waals surface area contributed by atoms with E-state index in [0.717, 1.165) is 31.7 Å². The van der Waals surface area contributed by atoms with Gasteiger partial charge in [-0.1, -0.05) is 19.3 Å². The van der Waals surface area contributed by atoms with Gasteiger partial charge in [0.1, 0.15) is 5.69 Å². The normalized spacial score (nSPS) is 21.6. The first-order chi connectivity index (χ1) is 11.0. The van der Waals surface area contributed by atoms with Gasteiger partial charge in [0.15, 0.2) is 0 Å². The minimum absolute atomic E-state index is 0.163. The van der Waals surface area contributed by atoms with Crippen molar-refractivity contribution in [1.29, 1.82) is 0 Å². The summed E-state index contributed by atoms with van der Waals surface area (Å²) in [6, 6.07) is 0.905. The Balaban J connectivity index is 1.54. The van der Waals surface area contributed by atoms with Gasteiger partial charge in [-0.3, -0.25) is 0 Å². The van der Waals surface area contributed by atoms with Crippen molar-refractivity contribution in [2.24, 2.45) is 0 Å². The van der Waals surface area contributed by atoms with Crippen molar-refractivity contribution in [2.75, 3.05) is 18.0 Å². The van der Waals surface area contributed by atoms with E-state index in [-0.39, 0.29) is 12.1 Å². The van der Waals surface area contributed by atoms with Gasteiger partial charge in [-0.25, -0.2) is 9.97 Å². The van der Waals surface area contributed by atoms with Crippen LogP contribution in [0.2, 0.25) is 0 Å². The Morgan fingerprint density at radius 2 is 1.65 bits per heavy atom. The van der Waals surface area contributed by atoms with Crippen LogP contribution in [0, 0.1) is 0 Å². The molecule has 1 aromatic heterocycles. The lowest BCUT2D eigenvalue weighted by atomic mass is 9.97. The van der Waals surface area contributed by atoms with Crippen molar-refractivity contribution in [1.82, 2.24) is 9.97 Å². The van der Waals surface area contributed by atoms with Gasteiger partial charge in [0.2, 0.25) is 5.95 Å². The second-order valence-electron chi connectivity index (χ2n) is 6.32. The van der Waals surface area contributed by atoms with E-state index in [2.05, 4.69) is 9.97 Å². The molecule has 23 heavy (non-hydrogen) atoms. The third kappa shape index (κ3) is 4.34. The fourth-order valence-corrected chi connectivity index (χ4v) is 3.32. The molecule has 0 bridgehead atoms. The van der Waals surface area contributed by atoms with Gasteiger partial charge < -0.3 is 9.64 Å². The number of aromatic nitrogens is 2. The van der Waals surface area contributed by atoms with Crippen molar-refractivity contribution in [3.8, 4) is 0 Å². The summed E-state index contributed by atoms with van der Waals surface area (Å²) in [4.78, 5) is 9.46. The van der Waals surface area contributed by atoms with Crippen LogP contribution in [0.15, 0.2) is 12.3 Å². The summed E-state index contributed by atoms with van der Waals surface area (Å²) in [6.45, 7) is 1.28. The highest BCUT2D eigenvalue weighted by atomic mass is 19.4. The molecule has 2 fully saturated rings. The van der Waals surface area contributed by atoms with E-state index in [1.807, 2.05) is 4.90 Å². The summed E-state index contributed by atoms with van der Waals surface area (Å²) < 4.78 is 44.3. The fraction of sp³-hybridized carbons (Fsp3) is 0.750. The van der Waals surface area contributed by atoms with Gasteiger partial charge in [0, 0.05) is 19.3 Å². The first-order valence-corrected chi connectivity index (χ1v) is 8.33. The average molecular weight is 329 g/mol. The van der Waals surface area contributed by atoms with Crippen molar-refractivity contribution in [3.05, 3.63) is 18.0 Å². The first-order valence-electron chi connectivity index (χ1n) is 8.33. The molecule has 3 rings (SSSR count). The van der Waals surface area contributed by atoms with Crippen LogP contribution in [0.4, 0.5) is 19.1 Å². The van der Waals surface area contributed by atoms with Crippen molar-refractivity contribution >= 4 is 5.95 Å². The average Bonchev–Trinajstić information content (AvgIpc) is 2.56. The monoisotopic (exact) mass is 329 g/mol. The molecule has 7 heteroatoms. The lowest BCUT2D eigenvalue weighted by molar-refractivity contribution is -0.141. The lowest BCUT2D eigenvalue weighted by Crippen LogP contribution is -2.39. The molecule has 0 aromatic carbocycles. The Bertz CT molecular complexity index is 510. The Labute approximate surface area is 134 Å². The minimum Gasteiger partial charge on any atom is -0.375 e. The molecule has 1 saturated heterocycles. The molecule has 1 saturated carbocycles. The van der Waals surface area contributed by atoms with E-state index < -0.39 is 11.9 Å². The summed E-state index contributed by atoms with van der Waals surface area (Å²) in [5.74, 6) is 0.163. The highest BCUT2D eigenvalue weighted by Gasteiger charge is 2.33. The van der Waals surface area contributed by atoms with Gasteiger partial charge >= 0.3 is 6.18 Å². The van der Waals surface area contributed by atoms with Gasteiger partial charge in [0.25, 0.3) is 0 Å². The molecule has 2 heterocycles. The number of ether oxygens (including phenoxy) is 1. The minimum atomic E-state index is -4.43. The van der Waals surface area contributed by atoms with Crippen molar-refractivity contribution in [2.45, 2.75) is 63.3 Å². The third-order valence-electron chi connectivity index (χ3n) is 4.60. The molecule has 0 N–H and O–H groups in total. The smallest absolute Gasteiger partial charge is 0.375 e. The Morgan fingerprint density at radius 1 is 1.00 bits per heavy atom. The van der Waals surface area contributed by atoms with Crippen molar-refractivity contribution in [3.63, 3.8) is 0 Å². The second kappa shape index (κ2) is 7.03. The number of anilines is 1. The molecule has 0 spiro atoms. The zero-order chi connectivity index (χ0) is 16.3. The summed E-state index contributed by atoms with van der Waals surface area (Å²) in [7, 11) is 0. The van der Waals surface area contributed by atoms with Crippen LogP contribution < -0.4 is 4.90 Å². The molecular formula is C16H22F3N3O. The zero-order valence-electron chi connectivity index (χ0n) is 13.1. The van der Waals surface area contributed by atoms with E-state index in [1.165, 1.54) is 25.5 Å². The number of hydrogen-bond donors (Lipinski definition) is 0. The fourth-order valence-electron chi connectivity index (χ4n) is 3.32. The SMILES string of the molecule is FC(F)(F)c1ccnc(N2CCC(OC3CCCCC3)CC2)n1. The van der Waals surface area contributed by atoms with E-state index >= 15 is 0 Å². The molecule has 0 atom stereocenters. The molecule has 4 nitrogen and oxygen atoms in total. The number of hydrogen-bond acceptors (Lipinski definition) is 4. The number of rotatable bonds is 3. The summed E-state index contributed by atoms with van der Waals surface area (Å²) in [5, 5.41) is 0. The molecule has 0 amide bonds. The van der Waals surface area contributed by atoms with Crippen LogP contribution in [0.1, 0.15) is 50.6 Å². The molecule has 1 aromatic rings. The van der Waals surface area contributed by atoms with Gasteiger partial charge in [0.05, 0.1) is 12.2 Å². The highest BCUT2D eigenvalue weighted by molar-refractivity contribution is 5.31. The summed E-state index contributed by atoms with van der Waals surface area (Å²) >= 11 is 0. The maximum atomic E-state index is 12.7. The van der Waals surface area contributed by atoms with Gasteiger partial charge in [-0.2, -0.15) is 13.2 Å². The lowest BCUT2D eigenvalue weighted by Gasteiger charge is -2.35. The summed E-state index contributed by atoms with van der Waals surface area (Å²) in [5.41, 5.74) is -0.886. The van der Waals surface area contributed by atoms with E-state index in [4.69, 9.17) is 4.74 Å². The largest absolute Gasteiger partial charge is 0.433 e. The topological polar surface area (TPSA) is 38.2 Å². The summed E-state index contributed by atoms with van der Waals surface area (Å²) in [6.07, 6.45) is 5.00. The molecule has 0 unspecified atom stereocenters. The van der Waals surface area contributed by atoms with Crippen LogP contribution in [-0.2, 0) is 10.9 Å². The van der Waals surface area contributed by atoms with Gasteiger partial charge in [-0.05, 0) is 31.7 Å². The van der Waals surface area contributed by atoms with Crippen LogP contribution in [0.3, 0.4) is 0 Å². The van der Waals surface area contributed by atoms with Crippen LogP contribution in [0.25, 0.3) is 0 Å². The first kappa shape index (κ1) is 16.5. The molecular weight excluding hydrogens is 307 g/mol. The Hall–Kier alpha value is -1.37. The predicted octanol–water partition coefficient (Wildman–Crippen LogP) is 3.81. The van der Waals surface area contributed by atoms with Gasteiger partial charge in [-0.15, -0.1) is 0 Å². The quantitative estimate of drug-likeness (QED) is 0.845. The Morgan fingerprint density at radius 3 is 2.30 bits per heavy atom. The number of piperidine rings is 1. The number of alkyl halides is 3. The molecule has 1 aliphatic carbocycles. The molecule has 0 radical (unpaired) electrons. The van der Waals surface area contributed by atoms with E-state index in [9.17, 15) is 13.2 Å². The van der Waals surface area contributed by atoms with Crippen molar-refractivity contribution < 1.29 is 17.9 Å². The number of halogens is 3. The van der Waals surface area contributed by atoms with Crippen LogP contribution in [-0.4, -0.2) is 35.3 Å². The van der Waals surface area contributed by atoms with E-state index in [0.29, 0.717) is 19.2 Å². The molecule has 128 valence electrons. The predicted molar refractivity (Wildman–Crippen MR) is 80.2 cm³/mol. The number of nitrogens with zero attached hydrogens (tertiary/aromatic N) is 3. The highest BCUT2D eigenvalue weighted by Crippen LogP contribution is 2.29. The Kier molecular flexibility index (Phi) is 5.04. The van der Waals surface area contributed by atoms with Crippen LogP contribution >= 0.6 is 0 Å². The third-order valence-corrected chi connectivity index (χ3v) is 4.60. The van der Waals surface area contributed by atoms with E-state index in [1.54, 1.807) is 0 Å². The maximum absolute atomic E-state index is 12.7. The molecule has 2 aliphatic rings. The second-order valence-corrected chi connectivity index (χ2v) is 6.32.